The van der Waals surface area contributed by atoms with Gasteiger partial charge in [-0.05, 0) is 41.1 Å². The summed E-state index contributed by atoms with van der Waals surface area (Å²) in [5, 5.41) is 0.460. The molecule has 1 atom stereocenters. The Morgan fingerprint density at radius 2 is 2.00 bits per heavy atom. The first kappa shape index (κ1) is 18.9. The van der Waals surface area contributed by atoms with Crippen molar-refractivity contribution in [1.29, 1.82) is 0 Å². The first-order valence-electron chi connectivity index (χ1n) is 6.29. The van der Waals surface area contributed by atoms with Crippen LogP contribution >= 0.6 is 27.5 Å². The van der Waals surface area contributed by atoms with Crippen LogP contribution in [0.4, 0.5) is 0 Å². The lowest BCUT2D eigenvalue weighted by atomic mass is 10.3. The highest BCUT2D eigenvalue weighted by atomic mass is 79.9. The molecule has 0 aliphatic heterocycles. The van der Waals surface area contributed by atoms with Gasteiger partial charge in [0.05, 0.1) is 23.1 Å². The zero-order valence-electron chi connectivity index (χ0n) is 12.2. The highest BCUT2D eigenvalue weighted by Gasteiger charge is 2.29. The second-order valence-electron chi connectivity index (χ2n) is 4.49. The highest BCUT2D eigenvalue weighted by Crippen LogP contribution is 2.27. The molecule has 1 rings (SSSR count). The maximum absolute atomic E-state index is 12.8. The first-order chi connectivity index (χ1) is 9.84. The second kappa shape index (κ2) is 8.45. The molecule has 8 heteroatoms. The standard InChI is InChI=1S/C13H19BrClNO4S/c1-10(9-20-3)16(6-7-19-2)21(17,18)11-4-5-13(15)12(14)8-11/h4-5,8,10H,6-7,9H2,1-3H3. The molecule has 0 spiro atoms. The zero-order valence-corrected chi connectivity index (χ0v) is 15.3. The SMILES string of the molecule is COCCN(C(C)COC)S(=O)(=O)c1ccc(Cl)c(Br)c1. The van der Waals surface area contributed by atoms with Crippen LogP contribution in [-0.4, -0.2) is 52.7 Å². The molecule has 0 saturated carbocycles. The molecule has 0 aliphatic rings. The number of methoxy groups -OCH3 is 2. The number of halogens is 2. The number of hydrogen-bond acceptors (Lipinski definition) is 4. The van der Waals surface area contributed by atoms with Crippen molar-refractivity contribution in [2.24, 2.45) is 0 Å². The number of rotatable bonds is 8. The molecule has 0 aromatic heterocycles. The normalized spacial score (nSPS) is 13.6. The quantitative estimate of drug-likeness (QED) is 0.673. The third-order valence-electron chi connectivity index (χ3n) is 2.91. The Morgan fingerprint density at radius 1 is 1.33 bits per heavy atom. The van der Waals surface area contributed by atoms with Crippen LogP contribution in [0.15, 0.2) is 27.6 Å². The van der Waals surface area contributed by atoms with Gasteiger partial charge in [-0.1, -0.05) is 11.6 Å². The second-order valence-corrected chi connectivity index (χ2v) is 7.64. The van der Waals surface area contributed by atoms with Crippen LogP contribution in [0.3, 0.4) is 0 Å². The Kier molecular flexibility index (Phi) is 7.59. The Morgan fingerprint density at radius 3 is 2.52 bits per heavy atom. The first-order valence-corrected chi connectivity index (χ1v) is 8.90. The molecule has 5 nitrogen and oxygen atoms in total. The van der Waals surface area contributed by atoms with Gasteiger partial charge >= 0.3 is 0 Å². The average molecular weight is 401 g/mol. The average Bonchev–Trinajstić information content (AvgIpc) is 2.42. The third kappa shape index (κ3) is 4.91. The Labute approximate surface area is 139 Å². The minimum atomic E-state index is -3.65. The molecule has 21 heavy (non-hydrogen) atoms. The van der Waals surface area contributed by atoms with Gasteiger partial charge in [-0.2, -0.15) is 4.31 Å². The summed E-state index contributed by atoms with van der Waals surface area (Å²) in [6.45, 7) is 2.66. The fourth-order valence-electron chi connectivity index (χ4n) is 1.86. The van der Waals surface area contributed by atoms with Gasteiger partial charge in [0, 0.05) is 31.3 Å². The van der Waals surface area contributed by atoms with E-state index in [9.17, 15) is 8.42 Å². The van der Waals surface area contributed by atoms with Crippen molar-refractivity contribution >= 4 is 37.6 Å². The summed E-state index contributed by atoms with van der Waals surface area (Å²) in [5.74, 6) is 0. The van der Waals surface area contributed by atoms with E-state index in [1.165, 1.54) is 30.7 Å². The van der Waals surface area contributed by atoms with Gasteiger partial charge in [-0.15, -0.1) is 0 Å². The zero-order chi connectivity index (χ0) is 16.0. The van der Waals surface area contributed by atoms with Crippen molar-refractivity contribution in [1.82, 2.24) is 4.31 Å². The van der Waals surface area contributed by atoms with Crippen LogP contribution in [-0.2, 0) is 19.5 Å². The van der Waals surface area contributed by atoms with Crippen molar-refractivity contribution < 1.29 is 17.9 Å². The molecule has 0 bridgehead atoms. The Balaban J connectivity index is 3.15. The number of nitrogens with zero attached hydrogens (tertiary/aromatic N) is 1. The number of ether oxygens (including phenoxy) is 2. The van der Waals surface area contributed by atoms with Gasteiger partial charge in [-0.25, -0.2) is 8.42 Å². The van der Waals surface area contributed by atoms with E-state index < -0.39 is 10.0 Å². The molecule has 1 aromatic rings. The molecule has 0 heterocycles. The van der Waals surface area contributed by atoms with Crippen molar-refractivity contribution in [3.63, 3.8) is 0 Å². The maximum atomic E-state index is 12.8. The molecular formula is C13H19BrClNO4S. The van der Waals surface area contributed by atoms with Crippen LogP contribution < -0.4 is 0 Å². The maximum Gasteiger partial charge on any atom is 0.243 e. The Bertz CT molecular complexity index is 567. The highest BCUT2D eigenvalue weighted by molar-refractivity contribution is 9.10. The lowest BCUT2D eigenvalue weighted by Gasteiger charge is -2.27. The summed E-state index contributed by atoms with van der Waals surface area (Å²) >= 11 is 9.15. The van der Waals surface area contributed by atoms with E-state index in [4.69, 9.17) is 21.1 Å². The molecule has 0 fully saturated rings. The van der Waals surface area contributed by atoms with Crippen LogP contribution in [0, 0.1) is 0 Å². The molecule has 0 amide bonds. The smallest absolute Gasteiger partial charge is 0.243 e. The minimum absolute atomic E-state index is 0.179. The molecule has 120 valence electrons. The summed E-state index contributed by atoms with van der Waals surface area (Å²) in [6, 6.07) is 4.23. The summed E-state index contributed by atoms with van der Waals surface area (Å²) in [6.07, 6.45) is 0. The van der Waals surface area contributed by atoms with E-state index in [1.54, 1.807) is 13.0 Å². The van der Waals surface area contributed by atoms with E-state index in [0.717, 1.165) is 0 Å². The summed E-state index contributed by atoms with van der Waals surface area (Å²) in [5.41, 5.74) is 0. The predicted molar refractivity (Wildman–Crippen MR) is 86.3 cm³/mol. The van der Waals surface area contributed by atoms with Gasteiger partial charge in [0.1, 0.15) is 0 Å². The molecule has 1 unspecified atom stereocenters. The van der Waals surface area contributed by atoms with Gasteiger partial charge in [0.2, 0.25) is 10.0 Å². The van der Waals surface area contributed by atoms with Gasteiger partial charge < -0.3 is 9.47 Å². The molecule has 0 aliphatic carbocycles. The van der Waals surface area contributed by atoms with E-state index >= 15 is 0 Å². The third-order valence-corrected chi connectivity index (χ3v) is 6.14. The molecule has 0 saturated heterocycles. The summed E-state index contributed by atoms with van der Waals surface area (Å²) in [7, 11) is -0.579. The fraction of sp³-hybridized carbons (Fsp3) is 0.538. The van der Waals surface area contributed by atoms with Gasteiger partial charge in [0.25, 0.3) is 0 Å². The van der Waals surface area contributed by atoms with Gasteiger partial charge in [-0.3, -0.25) is 0 Å². The van der Waals surface area contributed by atoms with E-state index in [2.05, 4.69) is 15.9 Å². The largest absolute Gasteiger partial charge is 0.383 e. The predicted octanol–water partition coefficient (Wildman–Crippen LogP) is 2.77. The fourth-order valence-corrected chi connectivity index (χ4v) is 4.13. The number of benzene rings is 1. The van der Waals surface area contributed by atoms with Crippen molar-refractivity contribution in [3.8, 4) is 0 Å². The topological polar surface area (TPSA) is 55.8 Å². The van der Waals surface area contributed by atoms with Crippen LogP contribution in [0.25, 0.3) is 0 Å². The number of hydrogen-bond donors (Lipinski definition) is 0. The van der Waals surface area contributed by atoms with E-state index in [1.807, 2.05) is 0 Å². The molecule has 1 aromatic carbocycles. The van der Waals surface area contributed by atoms with Crippen LogP contribution in [0.1, 0.15) is 6.92 Å². The Hall–Kier alpha value is -0.180. The van der Waals surface area contributed by atoms with Crippen molar-refractivity contribution in [2.75, 3.05) is 34.0 Å². The minimum Gasteiger partial charge on any atom is -0.383 e. The number of sulfonamides is 1. The van der Waals surface area contributed by atoms with Crippen LogP contribution in [0.5, 0.6) is 0 Å². The van der Waals surface area contributed by atoms with Gasteiger partial charge in [0.15, 0.2) is 0 Å². The summed E-state index contributed by atoms with van der Waals surface area (Å²) < 4.78 is 37.5. The van der Waals surface area contributed by atoms with E-state index in [-0.39, 0.29) is 17.5 Å². The lowest BCUT2D eigenvalue weighted by Crippen LogP contribution is -2.42. The monoisotopic (exact) mass is 399 g/mol. The van der Waals surface area contributed by atoms with Crippen molar-refractivity contribution in [3.05, 3.63) is 27.7 Å². The summed E-state index contributed by atoms with van der Waals surface area (Å²) in [4.78, 5) is 0.179. The molecule has 0 N–H and O–H groups in total. The molecular weight excluding hydrogens is 382 g/mol. The van der Waals surface area contributed by atoms with Crippen molar-refractivity contribution in [2.45, 2.75) is 17.9 Å². The van der Waals surface area contributed by atoms with Crippen LogP contribution in [0.2, 0.25) is 5.02 Å². The van der Waals surface area contributed by atoms with E-state index in [0.29, 0.717) is 22.7 Å². The lowest BCUT2D eigenvalue weighted by molar-refractivity contribution is 0.119. The molecule has 0 radical (unpaired) electrons.